The maximum Gasteiger partial charge on any atom is 1.00 e. The van der Waals surface area contributed by atoms with Gasteiger partial charge >= 0.3 is 115 Å². The number of benzene rings is 2. The largest absolute Gasteiger partial charge is 1.00 e. The molecule has 1 aliphatic heterocycles. The minimum absolute atomic E-state index is 0. The second-order valence-electron chi connectivity index (χ2n) is 8.41. The van der Waals surface area contributed by atoms with E-state index < -0.39 is 44.1 Å². The van der Waals surface area contributed by atoms with Gasteiger partial charge in [-0.1, -0.05) is 24.3 Å². The molecule has 0 saturated heterocycles. The third-order valence-corrected chi connectivity index (χ3v) is 6.58. The van der Waals surface area contributed by atoms with Crippen LogP contribution in [0.4, 0.5) is 5.69 Å². The number of amides is 1. The molecule has 0 radical (unpaired) electrons. The molecular weight excluding hydrogens is 635 g/mol. The van der Waals surface area contributed by atoms with Gasteiger partial charge in [0.05, 0.1) is 21.7 Å². The molecule has 0 saturated carbocycles. The predicted octanol–water partition coefficient (Wildman–Crippen LogP) is -3.66. The van der Waals surface area contributed by atoms with E-state index in [1.165, 1.54) is 18.2 Å². The smallest absolute Gasteiger partial charge is 0.744 e. The van der Waals surface area contributed by atoms with Crippen LogP contribution in [-0.4, -0.2) is 56.5 Å². The van der Waals surface area contributed by atoms with Crippen LogP contribution < -0.4 is 113 Å². The van der Waals surface area contributed by atoms with Crippen molar-refractivity contribution in [1.82, 2.24) is 9.78 Å². The number of carbonyl (C=O) groups excluding carboxylic acids is 1. The van der Waals surface area contributed by atoms with Crippen LogP contribution in [0.25, 0.3) is 11.8 Å². The van der Waals surface area contributed by atoms with Crippen molar-refractivity contribution in [2.45, 2.75) is 17.7 Å². The van der Waals surface area contributed by atoms with Crippen LogP contribution in [0.2, 0.25) is 0 Å². The molecule has 0 atom stereocenters. The molecule has 210 valence electrons. The van der Waals surface area contributed by atoms with Crippen LogP contribution in [-0.2, 0) is 19.7 Å². The normalized spacial score (nSPS) is 14.2. The molecule has 3 aromatic rings. The van der Waals surface area contributed by atoms with Crippen molar-refractivity contribution in [3.63, 3.8) is 0 Å². The summed E-state index contributed by atoms with van der Waals surface area (Å²) in [5.41, 5.74) is -1.08. The number of carboxylic acid groups (broad SMARTS) is 2. The Balaban J connectivity index is 0.00000323. The second-order valence-corrected chi connectivity index (χ2v) is 9.79. The molecule has 2 heterocycles. The van der Waals surface area contributed by atoms with E-state index >= 15 is 0 Å². The van der Waals surface area contributed by atoms with E-state index in [1.54, 1.807) is 36.4 Å². The van der Waals surface area contributed by atoms with Gasteiger partial charge in [-0.2, -0.15) is 28.3 Å². The number of hydrogen-bond donors (Lipinski definition) is 3. The number of carbonyl (C=O) groups is 3. The minimum atomic E-state index is -4.70. The van der Waals surface area contributed by atoms with Gasteiger partial charge in [0.15, 0.2) is 11.4 Å². The monoisotopic (exact) mass is 654 g/mol. The first-order valence-corrected chi connectivity index (χ1v) is 13.2. The van der Waals surface area contributed by atoms with Gasteiger partial charge in [-0.15, -0.1) is 12.1 Å². The zero-order valence-electron chi connectivity index (χ0n) is 22.9. The molecule has 13 nitrogen and oxygen atoms in total. The third kappa shape index (κ3) is 8.99. The van der Waals surface area contributed by atoms with Gasteiger partial charge in [-0.05, 0) is 48.9 Å². The van der Waals surface area contributed by atoms with Crippen molar-refractivity contribution in [2.75, 3.05) is 5.01 Å². The Morgan fingerprint density at radius 1 is 0.953 bits per heavy atom. The van der Waals surface area contributed by atoms with Crippen molar-refractivity contribution in [3.8, 4) is 5.69 Å². The van der Waals surface area contributed by atoms with Crippen molar-refractivity contribution in [1.29, 1.82) is 0 Å². The number of anilines is 1. The van der Waals surface area contributed by atoms with E-state index in [2.05, 4.69) is 16.3 Å². The first kappa shape index (κ1) is 37.1. The summed E-state index contributed by atoms with van der Waals surface area (Å²) >= 11 is 0. The van der Waals surface area contributed by atoms with E-state index in [9.17, 15) is 42.4 Å². The van der Waals surface area contributed by atoms with E-state index in [4.69, 9.17) is 0 Å². The standard InChI is InChI=1S/C27H21N4O9S.2K/c32-24-20(22(26(34)35)28-30(24)17-9-5-4-6-10-17)11-7-2-1-3-8-12-21-23(27(36)37)29-31(25(21)33)18-13-15-19(16-14-18)41(38,39)40;;/h3,5-16,28H,1-2H2,(H,34,35)(H,36,37)(H,38,39,40);;/q-1;2*+1/p-1/b8-3+,11-7+,21-12-;;. The van der Waals surface area contributed by atoms with Crippen molar-refractivity contribution in [3.05, 3.63) is 106 Å². The fourth-order valence-corrected chi connectivity index (χ4v) is 4.25. The van der Waals surface area contributed by atoms with Crippen molar-refractivity contribution >= 4 is 45.4 Å². The molecule has 2 aromatic carbocycles. The van der Waals surface area contributed by atoms with Crippen LogP contribution >= 0.6 is 0 Å². The topological polar surface area (TPSA) is 202 Å². The predicted molar refractivity (Wildman–Crippen MR) is 145 cm³/mol. The molecule has 16 heteroatoms. The summed E-state index contributed by atoms with van der Waals surface area (Å²) in [6, 6.07) is 13.5. The number of carboxylic acids is 2. The molecule has 1 aliphatic rings. The molecule has 43 heavy (non-hydrogen) atoms. The van der Waals surface area contributed by atoms with E-state index in [0.29, 0.717) is 18.5 Å². The number of aliphatic carboxylic acids is 1. The number of unbranched alkanes of at least 4 members (excludes halogenated alkanes) is 1. The average Bonchev–Trinajstić information content (AvgIpc) is 3.45. The number of aromatic amines is 1. The van der Waals surface area contributed by atoms with E-state index in [1.807, 2.05) is 0 Å². The summed E-state index contributed by atoms with van der Waals surface area (Å²) in [4.78, 5) is 48.3. The number of aromatic carboxylic acids is 1. The van der Waals surface area contributed by atoms with Crippen molar-refractivity contribution in [2.24, 2.45) is 5.10 Å². The number of H-pyrrole nitrogens is 1. The summed E-state index contributed by atoms with van der Waals surface area (Å²) in [6.07, 6.45) is 8.15. The van der Waals surface area contributed by atoms with Crippen LogP contribution in [0.5, 0.6) is 0 Å². The van der Waals surface area contributed by atoms with Crippen molar-refractivity contribution < 1.29 is 140 Å². The van der Waals surface area contributed by atoms with Gasteiger partial charge in [-0.25, -0.2) is 22.7 Å². The molecule has 0 spiro atoms. The zero-order chi connectivity index (χ0) is 29.7. The number of nitrogens with zero attached hydrogens (tertiary/aromatic N) is 3. The molecule has 3 N–H and O–H groups in total. The Bertz CT molecular complexity index is 1810. The van der Waals surface area contributed by atoms with Gasteiger partial charge in [0.2, 0.25) is 0 Å². The number of hydrazone groups is 1. The summed E-state index contributed by atoms with van der Waals surface area (Å²) in [6.45, 7) is 0. The number of nitrogens with one attached hydrogen (secondary N) is 1. The summed E-state index contributed by atoms with van der Waals surface area (Å²) in [5.74, 6) is -3.53. The molecule has 0 unspecified atom stereocenters. The summed E-state index contributed by atoms with van der Waals surface area (Å²) in [5, 5.41) is 26.1. The molecule has 4 rings (SSSR count). The Morgan fingerprint density at radius 3 is 2.16 bits per heavy atom. The second kappa shape index (κ2) is 16.3. The van der Waals surface area contributed by atoms with Gasteiger partial charge in [0.1, 0.15) is 10.1 Å². The molecule has 0 fully saturated rings. The van der Waals surface area contributed by atoms with Crippen LogP contribution in [0.15, 0.2) is 93.2 Å². The van der Waals surface area contributed by atoms with Crippen LogP contribution in [0.1, 0.15) is 28.9 Å². The quantitative estimate of drug-likeness (QED) is 0.0648. The van der Waals surface area contributed by atoms with E-state index in [0.717, 1.165) is 34.0 Å². The van der Waals surface area contributed by atoms with Crippen LogP contribution in [0, 0.1) is 6.07 Å². The molecular formula is C27H20K2N4O9S. The number of allylic oxidation sites excluding steroid dienone is 4. The molecule has 0 bridgehead atoms. The van der Waals surface area contributed by atoms with Gasteiger partial charge in [0.25, 0.3) is 11.5 Å². The molecule has 0 aliphatic carbocycles. The number of rotatable bonds is 10. The third-order valence-electron chi connectivity index (χ3n) is 5.73. The zero-order valence-corrected chi connectivity index (χ0v) is 30.0. The Kier molecular flexibility index (Phi) is 14.1. The first-order valence-electron chi connectivity index (χ1n) is 11.8. The number of aromatic nitrogens is 2. The maximum absolute atomic E-state index is 12.8. The Labute approximate surface area is 330 Å². The SMILES string of the molecule is O=C(O)C1=NN(c2ccc(S(=O)(=O)[O-])cc2)C(=O)/C1=C\C=C\CC/C=C/c1c(C(=O)O)[nH]n(-c2cc[c-]cc2)c1=O.[K+].[K+]. The summed E-state index contributed by atoms with van der Waals surface area (Å²) in [7, 11) is -4.70. The Morgan fingerprint density at radius 2 is 1.58 bits per heavy atom. The van der Waals surface area contributed by atoms with Gasteiger partial charge in [-0.3, -0.25) is 14.7 Å². The Hall–Kier alpha value is -2.07. The van der Waals surface area contributed by atoms with Gasteiger partial charge in [0, 0.05) is 0 Å². The maximum atomic E-state index is 12.8. The number of hydrogen-bond acceptors (Lipinski definition) is 8. The molecule has 1 amide bonds. The molecule has 1 aromatic heterocycles. The first-order chi connectivity index (χ1) is 19.5. The minimum Gasteiger partial charge on any atom is -0.744 e. The van der Waals surface area contributed by atoms with E-state index in [-0.39, 0.29) is 125 Å². The fourth-order valence-electron chi connectivity index (χ4n) is 3.78. The summed E-state index contributed by atoms with van der Waals surface area (Å²) < 4.78 is 34.5. The fraction of sp³-hybridized carbons (Fsp3) is 0.0741. The van der Waals surface area contributed by atoms with Gasteiger partial charge < -0.3 is 14.8 Å². The van der Waals surface area contributed by atoms with Crippen LogP contribution in [0.3, 0.4) is 0 Å². The average molecular weight is 655 g/mol.